The molecule has 0 atom stereocenters. The average molecular weight is 361 g/mol. The Morgan fingerprint density at radius 1 is 1.15 bits per heavy atom. The van der Waals surface area contributed by atoms with Crippen molar-refractivity contribution in [3.63, 3.8) is 0 Å². The van der Waals surface area contributed by atoms with E-state index in [-0.39, 0.29) is 17.9 Å². The molecule has 0 spiro atoms. The fourth-order valence-electron chi connectivity index (χ4n) is 2.58. The van der Waals surface area contributed by atoms with Gasteiger partial charge in [-0.3, -0.25) is 0 Å². The third-order valence-corrected chi connectivity index (χ3v) is 3.85. The minimum absolute atomic E-state index is 0.0343. The van der Waals surface area contributed by atoms with Crippen LogP contribution >= 0.6 is 0 Å². The van der Waals surface area contributed by atoms with Crippen LogP contribution in [0.4, 0.5) is 13.2 Å². The number of hydrogen-bond donors (Lipinski definition) is 1. The maximum atomic E-state index is 12.9. The molecule has 2 aromatic carbocycles. The Morgan fingerprint density at radius 3 is 2.46 bits per heavy atom. The number of nitrogens with zero attached hydrogens (tertiary/aromatic N) is 3. The quantitative estimate of drug-likeness (QED) is 0.762. The lowest BCUT2D eigenvalue weighted by molar-refractivity contribution is -0.137. The molecule has 0 aliphatic carbocycles. The number of carbonyl (C=O) groups is 1. The second-order valence-electron chi connectivity index (χ2n) is 5.81. The van der Waals surface area contributed by atoms with Crippen molar-refractivity contribution in [1.82, 2.24) is 15.0 Å². The first-order valence-corrected chi connectivity index (χ1v) is 7.65. The first kappa shape index (κ1) is 17.7. The summed E-state index contributed by atoms with van der Waals surface area (Å²) < 4.78 is 40.0. The van der Waals surface area contributed by atoms with Crippen LogP contribution in [0.25, 0.3) is 11.3 Å². The van der Waals surface area contributed by atoms with Gasteiger partial charge in [-0.05, 0) is 24.6 Å². The van der Waals surface area contributed by atoms with Gasteiger partial charge in [0.15, 0.2) is 5.69 Å². The zero-order chi connectivity index (χ0) is 18.9. The third kappa shape index (κ3) is 3.58. The summed E-state index contributed by atoms with van der Waals surface area (Å²) in [4.78, 5) is 11.4. The van der Waals surface area contributed by atoms with E-state index < -0.39 is 17.7 Å². The number of aryl methyl sites for hydroxylation is 1. The number of carboxylic acids is 1. The normalized spacial score (nSPS) is 11.5. The predicted molar refractivity (Wildman–Crippen MR) is 87.7 cm³/mol. The van der Waals surface area contributed by atoms with Gasteiger partial charge in [-0.2, -0.15) is 13.2 Å². The van der Waals surface area contributed by atoms with Crippen molar-refractivity contribution in [2.24, 2.45) is 0 Å². The second kappa shape index (κ2) is 6.62. The lowest BCUT2D eigenvalue weighted by atomic mass is 10.1. The van der Waals surface area contributed by atoms with Gasteiger partial charge in [0.05, 0.1) is 12.1 Å². The van der Waals surface area contributed by atoms with Gasteiger partial charge < -0.3 is 5.11 Å². The van der Waals surface area contributed by atoms with Gasteiger partial charge in [0.2, 0.25) is 0 Å². The second-order valence-corrected chi connectivity index (χ2v) is 5.81. The number of aromatic nitrogens is 3. The number of alkyl halides is 3. The van der Waals surface area contributed by atoms with Crippen LogP contribution in [0.3, 0.4) is 0 Å². The molecule has 0 unspecified atom stereocenters. The Balaban J connectivity index is 2.04. The molecule has 0 saturated carbocycles. The predicted octanol–water partition coefficient (Wildman–Crippen LogP) is 4.02. The van der Waals surface area contributed by atoms with Gasteiger partial charge in [0, 0.05) is 5.56 Å². The fourth-order valence-corrected chi connectivity index (χ4v) is 2.58. The Hall–Kier alpha value is -3.16. The van der Waals surface area contributed by atoms with Crippen LogP contribution in [0, 0.1) is 6.92 Å². The van der Waals surface area contributed by atoms with E-state index in [2.05, 4.69) is 10.3 Å². The van der Waals surface area contributed by atoms with Crippen LogP contribution in [-0.2, 0) is 12.7 Å². The molecule has 0 aliphatic rings. The van der Waals surface area contributed by atoms with Crippen molar-refractivity contribution in [3.8, 4) is 11.3 Å². The van der Waals surface area contributed by atoms with E-state index in [4.69, 9.17) is 0 Å². The van der Waals surface area contributed by atoms with E-state index >= 15 is 0 Å². The molecule has 0 fully saturated rings. The lowest BCUT2D eigenvalue weighted by Crippen LogP contribution is -2.09. The van der Waals surface area contributed by atoms with Crippen molar-refractivity contribution in [1.29, 1.82) is 0 Å². The summed E-state index contributed by atoms with van der Waals surface area (Å²) >= 11 is 0. The van der Waals surface area contributed by atoms with Gasteiger partial charge in [0.1, 0.15) is 5.69 Å². The minimum Gasteiger partial charge on any atom is -0.476 e. The molecule has 0 bridgehead atoms. The summed E-state index contributed by atoms with van der Waals surface area (Å²) in [6.45, 7) is 1.85. The van der Waals surface area contributed by atoms with E-state index in [0.717, 1.165) is 17.7 Å². The number of aromatic carboxylic acids is 1. The number of benzene rings is 2. The number of carboxylic acid groups (broad SMARTS) is 1. The van der Waals surface area contributed by atoms with Crippen molar-refractivity contribution in [3.05, 3.63) is 70.9 Å². The van der Waals surface area contributed by atoms with Crippen LogP contribution < -0.4 is 0 Å². The summed E-state index contributed by atoms with van der Waals surface area (Å²) in [7, 11) is 0. The van der Waals surface area contributed by atoms with Crippen molar-refractivity contribution >= 4 is 5.97 Å². The van der Waals surface area contributed by atoms with E-state index in [1.807, 2.05) is 19.1 Å². The molecule has 0 saturated heterocycles. The number of hydrogen-bond acceptors (Lipinski definition) is 3. The van der Waals surface area contributed by atoms with Crippen LogP contribution in [0.15, 0.2) is 48.5 Å². The molecular weight excluding hydrogens is 347 g/mol. The molecule has 1 heterocycles. The molecule has 134 valence electrons. The maximum Gasteiger partial charge on any atom is 0.416 e. The molecule has 0 amide bonds. The highest BCUT2D eigenvalue weighted by atomic mass is 19.4. The third-order valence-electron chi connectivity index (χ3n) is 3.85. The van der Waals surface area contributed by atoms with E-state index in [1.54, 1.807) is 12.1 Å². The topological polar surface area (TPSA) is 68.0 Å². The van der Waals surface area contributed by atoms with E-state index in [0.29, 0.717) is 11.1 Å². The standard InChI is InChI=1S/C18H14F3N3O2/c1-11-5-7-13(8-6-11)16-15(17(25)26)22-23-24(16)10-12-3-2-4-14(9-12)18(19,20)21/h2-9H,10H2,1H3,(H,25,26). The zero-order valence-corrected chi connectivity index (χ0v) is 13.7. The lowest BCUT2D eigenvalue weighted by Gasteiger charge is -2.11. The number of halogens is 3. The molecule has 5 nitrogen and oxygen atoms in total. The van der Waals surface area contributed by atoms with Crippen LogP contribution in [0.2, 0.25) is 0 Å². The monoisotopic (exact) mass is 361 g/mol. The highest BCUT2D eigenvalue weighted by Gasteiger charge is 2.30. The Labute approximate surface area is 146 Å². The van der Waals surface area contributed by atoms with Crippen LogP contribution in [0.5, 0.6) is 0 Å². The molecule has 0 radical (unpaired) electrons. The van der Waals surface area contributed by atoms with Crippen LogP contribution in [0.1, 0.15) is 27.2 Å². The largest absolute Gasteiger partial charge is 0.476 e. The van der Waals surface area contributed by atoms with Gasteiger partial charge in [-0.25, -0.2) is 9.48 Å². The summed E-state index contributed by atoms with van der Waals surface area (Å²) in [6, 6.07) is 11.9. The maximum absolute atomic E-state index is 12.9. The first-order chi connectivity index (χ1) is 12.3. The molecule has 0 aliphatic heterocycles. The van der Waals surface area contributed by atoms with Crippen LogP contribution in [-0.4, -0.2) is 26.1 Å². The molecule has 3 aromatic rings. The highest BCUT2D eigenvalue weighted by molar-refractivity contribution is 5.92. The van der Waals surface area contributed by atoms with E-state index in [9.17, 15) is 23.1 Å². The van der Waals surface area contributed by atoms with Gasteiger partial charge in [0.25, 0.3) is 0 Å². The highest BCUT2D eigenvalue weighted by Crippen LogP contribution is 2.30. The first-order valence-electron chi connectivity index (χ1n) is 7.65. The van der Waals surface area contributed by atoms with Gasteiger partial charge in [-0.1, -0.05) is 47.2 Å². The Kier molecular flexibility index (Phi) is 4.50. The summed E-state index contributed by atoms with van der Waals surface area (Å²) in [5, 5.41) is 16.8. The SMILES string of the molecule is Cc1ccc(-c2c(C(=O)O)nnn2Cc2cccc(C(F)(F)F)c2)cc1. The Bertz CT molecular complexity index is 947. The van der Waals surface area contributed by atoms with Gasteiger partial charge in [-0.15, -0.1) is 5.10 Å². The average Bonchev–Trinajstić information content (AvgIpc) is 2.99. The van der Waals surface area contributed by atoms with Crippen molar-refractivity contribution < 1.29 is 23.1 Å². The smallest absolute Gasteiger partial charge is 0.416 e. The molecule has 1 N–H and O–H groups in total. The van der Waals surface area contributed by atoms with Gasteiger partial charge >= 0.3 is 12.1 Å². The molecule has 26 heavy (non-hydrogen) atoms. The summed E-state index contributed by atoms with van der Waals surface area (Å²) in [5.74, 6) is -1.25. The van der Waals surface area contributed by atoms with E-state index in [1.165, 1.54) is 16.8 Å². The minimum atomic E-state index is -4.45. The van der Waals surface area contributed by atoms with Crippen molar-refractivity contribution in [2.45, 2.75) is 19.6 Å². The molecular formula is C18H14F3N3O2. The number of rotatable bonds is 4. The Morgan fingerprint density at radius 2 is 1.85 bits per heavy atom. The van der Waals surface area contributed by atoms with Crippen molar-refractivity contribution in [2.75, 3.05) is 0 Å². The summed E-state index contributed by atoms with van der Waals surface area (Å²) in [5.41, 5.74) is 1.13. The zero-order valence-electron chi connectivity index (χ0n) is 13.7. The molecule has 8 heteroatoms. The molecule has 3 rings (SSSR count). The fraction of sp³-hybridized carbons (Fsp3) is 0.167. The summed E-state index contributed by atoms with van der Waals surface area (Å²) in [6.07, 6.45) is -4.45. The molecule has 1 aromatic heterocycles.